The average Bonchev–Trinajstić information content (AvgIpc) is 2.94. The van der Waals surface area contributed by atoms with E-state index in [1.54, 1.807) is 12.4 Å². The zero-order valence-electron chi connectivity index (χ0n) is 11.5. The second-order valence-corrected chi connectivity index (χ2v) is 6.13. The largest absolute Gasteiger partial charge is 0.355 e. The summed E-state index contributed by atoms with van der Waals surface area (Å²) < 4.78 is 0.846. The highest BCUT2D eigenvalue weighted by Crippen LogP contribution is 2.17. The first-order valence-electron chi connectivity index (χ1n) is 6.91. The van der Waals surface area contributed by atoms with Crippen LogP contribution in [0.3, 0.4) is 0 Å². The summed E-state index contributed by atoms with van der Waals surface area (Å²) >= 11 is 3.31. The Bertz CT molecular complexity index is 542. The van der Waals surface area contributed by atoms with Gasteiger partial charge in [0.2, 0.25) is 17.8 Å². The molecule has 0 bridgehead atoms. The molecule has 1 aromatic heterocycles. The maximum Gasteiger partial charge on any atom is 0.228 e. The number of halogens is 1. The van der Waals surface area contributed by atoms with E-state index >= 15 is 0 Å². The lowest BCUT2D eigenvalue weighted by atomic mass is 10.1. The van der Waals surface area contributed by atoms with Crippen LogP contribution in [-0.4, -0.2) is 59.4 Å². The average molecular weight is 354 g/mol. The van der Waals surface area contributed by atoms with Crippen molar-refractivity contribution in [2.24, 2.45) is 5.92 Å². The number of rotatable bonds is 2. The minimum atomic E-state index is -0.201. The third-order valence-electron chi connectivity index (χ3n) is 3.81. The second-order valence-electron chi connectivity index (χ2n) is 5.22. The van der Waals surface area contributed by atoms with Crippen molar-refractivity contribution in [1.82, 2.24) is 20.2 Å². The SMILES string of the molecule is O=C1CC(C(=O)N2CCN(c3ncc(Br)cn3)CC2)CN1. The van der Waals surface area contributed by atoms with Crippen LogP contribution in [-0.2, 0) is 9.59 Å². The van der Waals surface area contributed by atoms with Crippen molar-refractivity contribution in [2.45, 2.75) is 6.42 Å². The van der Waals surface area contributed by atoms with Crippen molar-refractivity contribution < 1.29 is 9.59 Å². The van der Waals surface area contributed by atoms with Crippen LogP contribution in [0.1, 0.15) is 6.42 Å². The van der Waals surface area contributed by atoms with Gasteiger partial charge in [-0.3, -0.25) is 9.59 Å². The van der Waals surface area contributed by atoms with Gasteiger partial charge in [-0.05, 0) is 15.9 Å². The molecule has 1 unspecified atom stereocenters. The first kappa shape index (κ1) is 14.2. The van der Waals surface area contributed by atoms with E-state index in [1.807, 2.05) is 4.90 Å². The molecule has 1 N–H and O–H groups in total. The van der Waals surface area contributed by atoms with Crippen LogP contribution in [0.2, 0.25) is 0 Å². The number of piperazine rings is 1. The monoisotopic (exact) mass is 353 g/mol. The fourth-order valence-corrected chi connectivity index (χ4v) is 2.84. The molecule has 2 aliphatic rings. The highest BCUT2D eigenvalue weighted by atomic mass is 79.9. The van der Waals surface area contributed by atoms with Gasteiger partial charge in [-0.2, -0.15) is 0 Å². The molecule has 0 aromatic carbocycles. The number of hydrogen-bond acceptors (Lipinski definition) is 5. The molecule has 2 saturated heterocycles. The van der Waals surface area contributed by atoms with E-state index in [-0.39, 0.29) is 17.7 Å². The third kappa shape index (κ3) is 3.15. The number of hydrogen-bond donors (Lipinski definition) is 1. The van der Waals surface area contributed by atoms with Crippen molar-refractivity contribution in [2.75, 3.05) is 37.6 Å². The molecule has 2 amide bonds. The van der Waals surface area contributed by atoms with Crippen LogP contribution in [0, 0.1) is 5.92 Å². The van der Waals surface area contributed by atoms with Gasteiger partial charge in [0.25, 0.3) is 0 Å². The van der Waals surface area contributed by atoms with Crippen molar-refractivity contribution >= 4 is 33.7 Å². The summed E-state index contributed by atoms with van der Waals surface area (Å²) in [6, 6.07) is 0. The van der Waals surface area contributed by atoms with Crippen molar-refractivity contribution in [3.05, 3.63) is 16.9 Å². The normalized spacial score (nSPS) is 22.3. The maximum absolute atomic E-state index is 12.3. The molecule has 3 rings (SSSR count). The Kier molecular flexibility index (Phi) is 4.05. The van der Waals surface area contributed by atoms with Gasteiger partial charge in [-0.1, -0.05) is 0 Å². The Balaban J connectivity index is 1.56. The predicted octanol–water partition coefficient (Wildman–Crippen LogP) is 0.0238. The van der Waals surface area contributed by atoms with E-state index in [1.165, 1.54) is 0 Å². The summed E-state index contributed by atoms with van der Waals surface area (Å²) in [6.07, 6.45) is 3.75. The fraction of sp³-hybridized carbons (Fsp3) is 0.538. The van der Waals surface area contributed by atoms with Crippen molar-refractivity contribution in [1.29, 1.82) is 0 Å². The van der Waals surface area contributed by atoms with Gasteiger partial charge in [0.15, 0.2) is 0 Å². The summed E-state index contributed by atoms with van der Waals surface area (Å²) in [5.41, 5.74) is 0. The topological polar surface area (TPSA) is 78.4 Å². The number of carbonyl (C=O) groups excluding carboxylic acids is 2. The zero-order valence-corrected chi connectivity index (χ0v) is 13.0. The Hall–Kier alpha value is -1.70. The van der Waals surface area contributed by atoms with E-state index in [4.69, 9.17) is 0 Å². The van der Waals surface area contributed by atoms with Gasteiger partial charge in [0.1, 0.15) is 0 Å². The quantitative estimate of drug-likeness (QED) is 0.811. The molecule has 0 aliphatic carbocycles. The van der Waals surface area contributed by atoms with Crippen LogP contribution in [0.15, 0.2) is 16.9 Å². The second kappa shape index (κ2) is 5.97. The fourth-order valence-electron chi connectivity index (χ4n) is 2.63. The van der Waals surface area contributed by atoms with E-state index in [9.17, 15) is 9.59 Å². The van der Waals surface area contributed by atoms with Gasteiger partial charge in [-0.15, -0.1) is 0 Å². The van der Waals surface area contributed by atoms with Crippen LogP contribution in [0.25, 0.3) is 0 Å². The minimum absolute atomic E-state index is 0.0322. The Morgan fingerprint density at radius 2 is 1.90 bits per heavy atom. The van der Waals surface area contributed by atoms with Gasteiger partial charge >= 0.3 is 0 Å². The first-order chi connectivity index (χ1) is 10.1. The maximum atomic E-state index is 12.3. The minimum Gasteiger partial charge on any atom is -0.355 e. The molecule has 8 heteroatoms. The van der Waals surface area contributed by atoms with E-state index < -0.39 is 0 Å². The summed E-state index contributed by atoms with van der Waals surface area (Å²) in [5, 5.41) is 2.71. The molecule has 2 aliphatic heterocycles. The summed E-state index contributed by atoms with van der Waals surface area (Å²) in [6.45, 7) is 3.17. The standard InChI is InChI=1S/C13H16BrN5O2/c14-10-7-16-13(17-8-10)19-3-1-18(2-4-19)12(21)9-5-11(20)15-6-9/h7-9H,1-6H2,(H,15,20). The van der Waals surface area contributed by atoms with Crippen molar-refractivity contribution in [3.8, 4) is 0 Å². The molecule has 112 valence electrons. The van der Waals surface area contributed by atoms with Gasteiger partial charge in [-0.25, -0.2) is 9.97 Å². The number of aromatic nitrogens is 2. The van der Waals surface area contributed by atoms with Gasteiger partial charge < -0.3 is 15.1 Å². The molecule has 3 heterocycles. The molecule has 1 aromatic rings. The van der Waals surface area contributed by atoms with E-state index in [0.29, 0.717) is 45.1 Å². The summed E-state index contributed by atoms with van der Waals surface area (Å²) in [5.74, 6) is 0.524. The first-order valence-corrected chi connectivity index (χ1v) is 7.71. The molecular weight excluding hydrogens is 338 g/mol. The van der Waals surface area contributed by atoms with Gasteiger partial charge in [0, 0.05) is 51.5 Å². The number of nitrogens with one attached hydrogen (secondary N) is 1. The Morgan fingerprint density at radius 1 is 1.24 bits per heavy atom. The molecule has 21 heavy (non-hydrogen) atoms. The predicted molar refractivity (Wildman–Crippen MR) is 79.6 cm³/mol. The van der Waals surface area contributed by atoms with E-state index in [2.05, 4.69) is 36.1 Å². The molecule has 7 nitrogen and oxygen atoms in total. The van der Waals surface area contributed by atoms with Crippen LogP contribution in [0.5, 0.6) is 0 Å². The Morgan fingerprint density at radius 3 is 2.48 bits per heavy atom. The molecular formula is C13H16BrN5O2. The molecule has 2 fully saturated rings. The lowest BCUT2D eigenvalue weighted by Crippen LogP contribution is -2.51. The van der Waals surface area contributed by atoms with Gasteiger partial charge in [0.05, 0.1) is 10.4 Å². The molecule has 0 saturated carbocycles. The Labute approximate surface area is 130 Å². The van der Waals surface area contributed by atoms with Crippen LogP contribution < -0.4 is 10.2 Å². The van der Waals surface area contributed by atoms with Crippen molar-refractivity contribution in [3.63, 3.8) is 0 Å². The highest BCUT2D eigenvalue weighted by molar-refractivity contribution is 9.10. The molecule has 1 atom stereocenters. The van der Waals surface area contributed by atoms with Crippen LogP contribution >= 0.6 is 15.9 Å². The molecule has 0 spiro atoms. The van der Waals surface area contributed by atoms with E-state index in [0.717, 1.165) is 4.47 Å². The lowest BCUT2D eigenvalue weighted by Gasteiger charge is -2.35. The third-order valence-corrected chi connectivity index (χ3v) is 4.22. The number of carbonyl (C=O) groups is 2. The number of anilines is 1. The molecule has 0 radical (unpaired) electrons. The van der Waals surface area contributed by atoms with Crippen LogP contribution in [0.4, 0.5) is 5.95 Å². The zero-order chi connectivity index (χ0) is 14.8. The smallest absolute Gasteiger partial charge is 0.228 e. The highest BCUT2D eigenvalue weighted by Gasteiger charge is 2.32. The lowest BCUT2D eigenvalue weighted by molar-refractivity contribution is -0.136. The summed E-state index contributed by atoms with van der Waals surface area (Å²) in [4.78, 5) is 35.9. The number of amides is 2. The number of nitrogens with zero attached hydrogens (tertiary/aromatic N) is 4. The summed E-state index contributed by atoms with van der Waals surface area (Å²) in [7, 11) is 0.